The molecule has 1 fully saturated rings. The Morgan fingerprint density at radius 3 is 2.33 bits per heavy atom. The van der Waals surface area contributed by atoms with Crippen molar-refractivity contribution >= 4 is 29.2 Å². The SMILES string of the molecule is NC(=O)c1ccc(N=C(N)N=C(N)N)cc1N1CCCC1. The molecule has 2 rings (SSSR count). The molecule has 0 atom stereocenters. The summed E-state index contributed by atoms with van der Waals surface area (Å²) in [5.74, 6) is -0.677. The number of aliphatic imine (C=N–C) groups is 2. The van der Waals surface area contributed by atoms with Crippen LogP contribution in [0, 0.1) is 0 Å². The average Bonchev–Trinajstić information content (AvgIpc) is 2.90. The van der Waals surface area contributed by atoms with Gasteiger partial charge in [-0.3, -0.25) is 4.79 Å². The molecule has 1 heterocycles. The molecule has 1 aromatic carbocycles. The molecular formula is C13H19N7O. The Labute approximate surface area is 122 Å². The highest BCUT2D eigenvalue weighted by Gasteiger charge is 2.18. The zero-order valence-corrected chi connectivity index (χ0v) is 11.6. The lowest BCUT2D eigenvalue weighted by atomic mass is 10.1. The number of benzene rings is 1. The summed E-state index contributed by atoms with van der Waals surface area (Å²) in [6, 6.07) is 5.05. The quantitative estimate of drug-likeness (QED) is 0.441. The third-order valence-corrected chi connectivity index (χ3v) is 3.18. The van der Waals surface area contributed by atoms with E-state index in [4.69, 9.17) is 22.9 Å². The van der Waals surface area contributed by atoms with Crippen LogP contribution in [0.1, 0.15) is 23.2 Å². The highest BCUT2D eigenvalue weighted by molar-refractivity contribution is 6.00. The van der Waals surface area contributed by atoms with Crippen LogP contribution >= 0.6 is 0 Å². The van der Waals surface area contributed by atoms with E-state index in [1.165, 1.54) is 0 Å². The standard InChI is InChI=1S/C13H19N7O/c14-11(21)9-4-3-8(18-13(17)19-12(15)16)7-10(9)20-5-1-2-6-20/h3-4,7H,1-2,5-6H2,(H2,14,21)(H6,15,16,17,18,19). The van der Waals surface area contributed by atoms with Crippen molar-refractivity contribution in [3.63, 3.8) is 0 Å². The van der Waals surface area contributed by atoms with Crippen LogP contribution in [0.5, 0.6) is 0 Å². The monoisotopic (exact) mass is 289 g/mol. The Morgan fingerprint density at radius 2 is 1.76 bits per heavy atom. The molecule has 0 aromatic heterocycles. The number of primary amides is 1. The van der Waals surface area contributed by atoms with Gasteiger partial charge in [-0.2, -0.15) is 4.99 Å². The second kappa shape index (κ2) is 6.12. The average molecular weight is 289 g/mol. The summed E-state index contributed by atoms with van der Waals surface area (Å²) in [4.78, 5) is 21.4. The third-order valence-electron chi connectivity index (χ3n) is 3.18. The number of carbonyl (C=O) groups is 1. The highest BCUT2D eigenvalue weighted by atomic mass is 16.1. The number of nitrogens with two attached hydrogens (primary N) is 4. The largest absolute Gasteiger partial charge is 0.371 e. The number of amides is 1. The van der Waals surface area contributed by atoms with E-state index in [9.17, 15) is 4.79 Å². The van der Waals surface area contributed by atoms with Crippen molar-refractivity contribution in [1.29, 1.82) is 0 Å². The number of anilines is 1. The van der Waals surface area contributed by atoms with Gasteiger partial charge in [0, 0.05) is 13.1 Å². The van der Waals surface area contributed by atoms with Gasteiger partial charge in [-0.25, -0.2) is 4.99 Å². The molecule has 112 valence electrons. The van der Waals surface area contributed by atoms with Crippen LogP contribution in [-0.4, -0.2) is 30.9 Å². The molecule has 0 spiro atoms. The van der Waals surface area contributed by atoms with Gasteiger partial charge in [0.05, 0.1) is 16.9 Å². The van der Waals surface area contributed by atoms with Gasteiger partial charge in [0.2, 0.25) is 5.96 Å². The second-order valence-electron chi connectivity index (χ2n) is 4.77. The van der Waals surface area contributed by atoms with Crippen molar-refractivity contribution in [2.45, 2.75) is 12.8 Å². The molecule has 1 aromatic rings. The van der Waals surface area contributed by atoms with Crippen LogP contribution in [-0.2, 0) is 0 Å². The van der Waals surface area contributed by atoms with Gasteiger partial charge < -0.3 is 27.8 Å². The number of hydrogen-bond donors (Lipinski definition) is 4. The normalized spacial score (nSPS) is 15.0. The first-order valence-corrected chi connectivity index (χ1v) is 6.60. The molecule has 0 aliphatic carbocycles. The van der Waals surface area contributed by atoms with E-state index in [-0.39, 0.29) is 11.9 Å². The molecule has 1 saturated heterocycles. The molecule has 8 nitrogen and oxygen atoms in total. The van der Waals surface area contributed by atoms with E-state index in [0.717, 1.165) is 31.6 Å². The summed E-state index contributed by atoms with van der Waals surface area (Å²) < 4.78 is 0. The lowest BCUT2D eigenvalue weighted by Gasteiger charge is -2.20. The highest BCUT2D eigenvalue weighted by Crippen LogP contribution is 2.29. The predicted octanol–water partition coefficient (Wildman–Crippen LogP) is -0.395. The summed E-state index contributed by atoms with van der Waals surface area (Å²) in [5, 5.41) is 0. The molecule has 0 unspecified atom stereocenters. The molecule has 8 N–H and O–H groups in total. The van der Waals surface area contributed by atoms with Crippen LogP contribution in [0.15, 0.2) is 28.2 Å². The Kier molecular flexibility index (Phi) is 4.27. The van der Waals surface area contributed by atoms with Crippen LogP contribution in [0.3, 0.4) is 0 Å². The summed E-state index contributed by atoms with van der Waals surface area (Å²) in [6.07, 6.45) is 2.17. The molecule has 1 amide bonds. The Hall–Kier alpha value is -2.77. The summed E-state index contributed by atoms with van der Waals surface area (Å²) in [5.41, 5.74) is 23.3. The number of carbonyl (C=O) groups excluding carboxylic acids is 1. The molecular weight excluding hydrogens is 270 g/mol. The van der Waals surface area contributed by atoms with Crippen LogP contribution in [0.2, 0.25) is 0 Å². The van der Waals surface area contributed by atoms with Gasteiger partial charge in [-0.15, -0.1) is 0 Å². The van der Waals surface area contributed by atoms with Gasteiger partial charge in [-0.1, -0.05) is 0 Å². The van der Waals surface area contributed by atoms with Crippen LogP contribution < -0.4 is 27.8 Å². The minimum atomic E-state index is -0.468. The third kappa shape index (κ3) is 3.62. The fraction of sp³-hybridized carbons (Fsp3) is 0.308. The smallest absolute Gasteiger partial charge is 0.250 e. The number of hydrogen-bond acceptors (Lipinski definition) is 3. The maximum Gasteiger partial charge on any atom is 0.250 e. The fourth-order valence-electron chi connectivity index (χ4n) is 2.31. The first-order chi connectivity index (χ1) is 9.97. The first-order valence-electron chi connectivity index (χ1n) is 6.60. The van der Waals surface area contributed by atoms with E-state index in [1.54, 1.807) is 18.2 Å². The number of guanidine groups is 2. The summed E-state index contributed by atoms with van der Waals surface area (Å²) >= 11 is 0. The topological polar surface area (TPSA) is 149 Å². The van der Waals surface area contributed by atoms with E-state index in [2.05, 4.69) is 14.9 Å². The molecule has 0 radical (unpaired) electrons. The lowest BCUT2D eigenvalue weighted by molar-refractivity contribution is 0.100. The van der Waals surface area contributed by atoms with Crippen molar-refractivity contribution in [2.24, 2.45) is 32.9 Å². The van der Waals surface area contributed by atoms with Crippen molar-refractivity contribution in [3.05, 3.63) is 23.8 Å². The molecule has 0 saturated carbocycles. The Bertz CT molecular complexity index is 599. The summed E-state index contributed by atoms with van der Waals surface area (Å²) in [7, 11) is 0. The van der Waals surface area contributed by atoms with Gasteiger partial charge in [0.15, 0.2) is 5.96 Å². The lowest BCUT2D eigenvalue weighted by Crippen LogP contribution is -2.26. The molecule has 8 heteroatoms. The van der Waals surface area contributed by atoms with E-state index >= 15 is 0 Å². The first kappa shape index (κ1) is 14.6. The van der Waals surface area contributed by atoms with Gasteiger partial charge in [-0.05, 0) is 31.0 Å². The minimum absolute atomic E-state index is 0.0470. The van der Waals surface area contributed by atoms with Crippen molar-refractivity contribution < 1.29 is 4.79 Å². The zero-order valence-electron chi connectivity index (χ0n) is 11.6. The van der Waals surface area contributed by atoms with Crippen molar-refractivity contribution in [1.82, 2.24) is 0 Å². The minimum Gasteiger partial charge on any atom is -0.371 e. The van der Waals surface area contributed by atoms with Crippen LogP contribution in [0.25, 0.3) is 0 Å². The molecule has 1 aliphatic heterocycles. The van der Waals surface area contributed by atoms with Gasteiger partial charge in [0.25, 0.3) is 5.91 Å². The maximum atomic E-state index is 11.5. The summed E-state index contributed by atoms with van der Waals surface area (Å²) in [6.45, 7) is 1.77. The Morgan fingerprint density at radius 1 is 1.10 bits per heavy atom. The predicted molar refractivity (Wildman–Crippen MR) is 83.5 cm³/mol. The second-order valence-corrected chi connectivity index (χ2v) is 4.77. The van der Waals surface area contributed by atoms with E-state index < -0.39 is 5.91 Å². The van der Waals surface area contributed by atoms with Crippen molar-refractivity contribution in [2.75, 3.05) is 18.0 Å². The molecule has 0 bridgehead atoms. The molecule has 1 aliphatic rings. The Balaban J connectivity index is 2.39. The van der Waals surface area contributed by atoms with Crippen molar-refractivity contribution in [3.8, 4) is 0 Å². The number of nitrogens with zero attached hydrogens (tertiary/aromatic N) is 3. The van der Waals surface area contributed by atoms with Gasteiger partial charge >= 0.3 is 0 Å². The fourth-order valence-corrected chi connectivity index (χ4v) is 2.31. The van der Waals surface area contributed by atoms with Gasteiger partial charge in [0.1, 0.15) is 0 Å². The zero-order chi connectivity index (χ0) is 15.4. The molecule has 21 heavy (non-hydrogen) atoms. The van der Waals surface area contributed by atoms with E-state index in [0.29, 0.717) is 11.3 Å². The van der Waals surface area contributed by atoms with Crippen LogP contribution in [0.4, 0.5) is 11.4 Å². The van der Waals surface area contributed by atoms with E-state index in [1.807, 2.05) is 0 Å². The number of rotatable bonds is 3. The maximum absolute atomic E-state index is 11.5.